The fraction of sp³-hybridized carbons (Fsp3) is 0.455. The van der Waals surface area contributed by atoms with E-state index in [-0.39, 0.29) is 11.0 Å². The second-order valence-electron chi connectivity index (χ2n) is 4.07. The smallest absolute Gasteiger partial charge is 0.124 e. The number of benzene rings is 1. The number of alkyl halides is 1. The fourth-order valence-electron chi connectivity index (χ4n) is 1.71. The Balaban J connectivity index is 2.43. The predicted molar refractivity (Wildman–Crippen MR) is 54.4 cm³/mol. The fourth-order valence-corrected chi connectivity index (χ4v) is 2.27. The van der Waals surface area contributed by atoms with Gasteiger partial charge in [-0.05, 0) is 19.9 Å². The average molecular weight is 197 g/mol. The maximum Gasteiger partial charge on any atom is 0.124 e. The molecule has 0 aromatic heterocycles. The zero-order valence-corrected chi connectivity index (χ0v) is 8.64. The lowest BCUT2D eigenvalue weighted by molar-refractivity contribution is 0.0825. The van der Waals surface area contributed by atoms with E-state index in [9.17, 15) is 0 Å². The third-order valence-electron chi connectivity index (χ3n) is 2.31. The maximum atomic E-state index is 6.25. The highest BCUT2D eigenvalue weighted by atomic mass is 35.5. The topological polar surface area (TPSA) is 9.23 Å². The minimum Gasteiger partial charge on any atom is -0.487 e. The lowest BCUT2D eigenvalue weighted by Crippen LogP contribution is -2.33. The van der Waals surface area contributed by atoms with Gasteiger partial charge < -0.3 is 4.74 Å². The van der Waals surface area contributed by atoms with E-state index in [1.807, 2.05) is 24.3 Å². The van der Waals surface area contributed by atoms with Gasteiger partial charge in [0.25, 0.3) is 0 Å². The third kappa shape index (κ3) is 1.66. The van der Waals surface area contributed by atoms with Crippen molar-refractivity contribution in [2.75, 3.05) is 0 Å². The van der Waals surface area contributed by atoms with Crippen molar-refractivity contribution in [2.24, 2.45) is 0 Å². The molecule has 0 unspecified atom stereocenters. The summed E-state index contributed by atoms with van der Waals surface area (Å²) in [7, 11) is 0. The first-order valence-corrected chi connectivity index (χ1v) is 4.94. The highest BCUT2D eigenvalue weighted by Gasteiger charge is 2.32. The van der Waals surface area contributed by atoms with Crippen molar-refractivity contribution in [1.29, 1.82) is 0 Å². The molecule has 0 spiro atoms. The lowest BCUT2D eigenvalue weighted by atomic mass is 9.94. The first-order valence-electron chi connectivity index (χ1n) is 4.50. The van der Waals surface area contributed by atoms with Gasteiger partial charge in [-0.15, -0.1) is 11.6 Å². The minimum atomic E-state index is -0.138. The number of fused-ring (bicyclic) bond motifs is 1. The van der Waals surface area contributed by atoms with Crippen molar-refractivity contribution in [3.05, 3.63) is 29.8 Å². The normalized spacial score (nSPS) is 24.7. The Morgan fingerprint density at radius 3 is 2.85 bits per heavy atom. The Hall–Kier alpha value is -0.690. The highest BCUT2D eigenvalue weighted by Crippen LogP contribution is 2.42. The van der Waals surface area contributed by atoms with E-state index in [2.05, 4.69) is 13.8 Å². The molecule has 0 fully saturated rings. The van der Waals surface area contributed by atoms with Gasteiger partial charge in [0.1, 0.15) is 11.4 Å². The van der Waals surface area contributed by atoms with E-state index in [1.54, 1.807) is 0 Å². The number of hydrogen-bond donors (Lipinski definition) is 0. The highest BCUT2D eigenvalue weighted by molar-refractivity contribution is 6.21. The van der Waals surface area contributed by atoms with Crippen LogP contribution in [0.2, 0.25) is 0 Å². The quantitative estimate of drug-likeness (QED) is 0.577. The van der Waals surface area contributed by atoms with Crippen molar-refractivity contribution in [3.63, 3.8) is 0 Å². The molecule has 13 heavy (non-hydrogen) atoms. The molecule has 0 N–H and O–H groups in total. The van der Waals surface area contributed by atoms with Gasteiger partial charge in [0.05, 0.1) is 5.38 Å². The summed E-state index contributed by atoms with van der Waals surface area (Å²) in [5, 5.41) is 0.0833. The summed E-state index contributed by atoms with van der Waals surface area (Å²) in [6, 6.07) is 7.98. The Labute approximate surface area is 83.7 Å². The van der Waals surface area contributed by atoms with Gasteiger partial charge in [0.2, 0.25) is 0 Å². The Kier molecular flexibility index (Phi) is 1.99. The second-order valence-corrected chi connectivity index (χ2v) is 4.60. The van der Waals surface area contributed by atoms with E-state index in [1.165, 1.54) is 0 Å². The Morgan fingerprint density at radius 2 is 2.08 bits per heavy atom. The number of ether oxygens (including phenoxy) is 1. The summed E-state index contributed by atoms with van der Waals surface area (Å²) in [4.78, 5) is 0. The Morgan fingerprint density at radius 1 is 1.38 bits per heavy atom. The molecule has 0 saturated heterocycles. The average Bonchev–Trinajstić information content (AvgIpc) is 2.02. The second kappa shape index (κ2) is 2.91. The molecule has 1 heterocycles. The van der Waals surface area contributed by atoms with E-state index in [0.29, 0.717) is 0 Å². The molecular formula is C11H13ClO. The third-order valence-corrected chi connectivity index (χ3v) is 2.70. The molecule has 2 heteroatoms. The molecule has 1 aromatic rings. The molecule has 1 aromatic carbocycles. The summed E-state index contributed by atoms with van der Waals surface area (Å²) in [5.41, 5.74) is 0.976. The van der Waals surface area contributed by atoms with Crippen LogP contribution < -0.4 is 4.74 Å². The first kappa shape index (κ1) is 8.89. The van der Waals surface area contributed by atoms with Gasteiger partial charge in [-0.1, -0.05) is 18.2 Å². The molecule has 0 bridgehead atoms. The number of halogens is 1. The van der Waals surface area contributed by atoms with E-state index in [0.717, 1.165) is 17.7 Å². The van der Waals surface area contributed by atoms with Gasteiger partial charge in [0, 0.05) is 12.0 Å². The molecule has 0 saturated carbocycles. The van der Waals surface area contributed by atoms with Gasteiger partial charge >= 0.3 is 0 Å². The molecule has 1 atom stereocenters. The molecule has 0 amide bonds. The molecule has 0 radical (unpaired) electrons. The standard InChI is InChI=1S/C11H13ClO/c1-11(2)7-9(12)8-5-3-4-6-10(8)13-11/h3-6,9H,7H2,1-2H3/t9-/m1/s1. The van der Waals surface area contributed by atoms with Crippen LogP contribution in [0.4, 0.5) is 0 Å². The van der Waals surface area contributed by atoms with E-state index >= 15 is 0 Å². The summed E-state index contributed by atoms with van der Waals surface area (Å²) in [6.07, 6.45) is 0.867. The van der Waals surface area contributed by atoms with Gasteiger partial charge in [0.15, 0.2) is 0 Å². The van der Waals surface area contributed by atoms with Crippen molar-refractivity contribution < 1.29 is 4.74 Å². The molecule has 1 nitrogen and oxygen atoms in total. The minimum absolute atomic E-state index is 0.0833. The zero-order valence-electron chi connectivity index (χ0n) is 7.88. The van der Waals surface area contributed by atoms with Crippen LogP contribution in [0.1, 0.15) is 31.2 Å². The van der Waals surface area contributed by atoms with Gasteiger partial charge in [-0.25, -0.2) is 0 Å². The molecule has 1 aliphatic rings. The van der Waals surface area contributed by atoms with Crippen molar-refractivity contribution in [3.8, 4) is 5.75 Å². The van der Waals surface area contributed by atoms with Crippen molar-refractivity contribution in [2.45, 2.75) is 31.2 Å². The number of para-hydroxylation sites is 1. The van der Waals surface area contributed by atoms with Crippen LogP contribution >= 0.6 is 11.6 Å². The van der Waals surface area contributed by atoms with Crippen LogP contribution in [0.15, 0.2) is 24.3 Å². The van der Waals surface area contributed by atoms with Crippen LogP contribution in [0.3, 0.4) is 0 Å². The number of hydrogen-bond acceptors (Lipinski definition) is 1. The first-order chi connectivity index (χ1) is 6.08. The SMILES string of the molecule is CC1(C)C[C@@H](Cl)c2ccccc2O1. The predicted octanol–water partition coefficient (Wildman–Crippen LogP) is 3.53. The van der Waals surface area contributed by atoms with Crippen LogP contribution in [0, 0.1) is 0 Å². The molecule has 1 aliphatic heterocycles. The van der Waals surface area contributed by atoms with Crippen LogP contribution in [0.5, 0.6) is 5.75 Å². The largest absolute Gasteiger partial charge is 0.487 e. The summed E-state index contributed by atoms with van der Waals surface area (Å²) in [6.45, 7) is 4.14. The molecule has 0 aliphatic carbocycles. The van der Waals surface area contributed by atoms with Crippen LogP contribution in [0.25, 0.3) is 0 Å². The monoisotopic (exact) mass is 196 g/mol. The van der Waals surface area contributed by atoms with Gasteiger partial charge in [-0.2, -0.15) is 0 Å². The van der Waals surface area contributed by atoms with E-state index in [4.69, 9.17) is 16.3 Å². The Bertz CT molecular complexity index is 320. The molecular weight excluding hydrogens is 184 g/mol. The zero-order chi connectivity index (χ0) is 9.47. The van der Waals surface area contributed by atoms with Crippen LogP contribution in [-0.4, -0.2) is 5.60 Å². The summed E-state index contributed by atoms with van der Waals surface area (Å²) < 4.78 is 5.81. The van der Waals surface area contributed by atoms with Crippen molar-refractivity contribution >= 4 is 11.6 Å². The van der Waals surface area contributed by atoms with Crippen LogP contribution in [-0.2, 0) is 0 Å². The summed E-state index contributed by atoms with van der Waals surface area (Å²) >= 11 is 6.25. The van der Waals surface area contributed by atoms with E-state index < -0.39 is 0 Å². The summed E-state index contributed by atoms with van der Waals surface area (Å²) in [5.74, 6) is 0.929. The van der Waals surface area contributed by atoms with Gasteiger partial charge in [-0.3, -0.25) is 0 Å². The lowest BCUT2D eigenvalue weighted by Gasteiger charge is -2.35. The molecule has 70 valence electrons. The molecule has 2 rings (SSSR count). The number of rotatable bonds is 0. The maximum absolute atomic E-state index is 6.25. The van der Waals surface area contributed by atoms with Crippen molar-refractivity contribution in [1.82, 2.24) is 0 Å².